The summed E-state index contributed by atoms with van der Waals surface area (Å²) in [5, 5.41) is 20.2. The van der Waals surface area contributed by atoms with Crippen LogP contribution in [0.15, 0.2) is 52.2 Å². The van der Waals surface area contributed by atoms with Crippen molar-refractivity contribution < 1.29 is 14.0 Å². The maximum absolute atomic E-state index is 12.6. The van der Waals surface area contributed by atoms with Gasteiger partial charge in [0.15, 0.2) is 5.16 Å². The number of furan rings is 1. The molecular formula is C20H20N6O3S. The van der Waals surface area contributed by atoms with Crippen molar-refractivity contribution in [1.82, 2.24) is 14.8 Å². The number of hydrogen-bond donors (Lipinski definition) is 2. The highest BCUT2D eigenvalue weighted by atomic mass is 32.2. The van der Waals surface area contributed by atoms with E-state index in [0.717, 1.165) is 0 Å². The van der Waals surface area contributed by atoms with Crippen molar-refractivity contribution in [3.05, 3.63) is 59.8 Å². The lowest BCUT2D eigenvalue weighted by Crippen LogP contribution is -2.23. The van der Waals surface area contributed by atoms with Gasteiger partial charge in [-0.05, 0) is 37.3 Å². The molecule has 0 aliphatic rings. The number of nitrogens with one attached hydrogen (secondary N) is 1. The van der Waals surface area contributed by atoms with Crippen LogP contribution in [0.4, 0.5) is 5.69 Å². The zero-order valence-corrected chi connectivity index (χ0v) is 17.1. The van der Waals surface area contributed by atoms with Gasteiger partial charge in [-0.3, -0.25) is 14.2 Å². The van der Waals surface area contributed by atoms with Gasteiger partial charge in [-0.1, -0.05) is 17.8 Å². The quantitative estimate of drug-likeness (QED) is 0.502. The lowest BCUT2D eigenvalue weighted by molar-refractivity contribution is -0.118. The topological polar surface area (TPSA) is 140 Å². The molecule has 0 aliphatic carbocycles. The molecule has 0 saturated heterocycles. The van der Waals surface area contributed by atoms with E-state index in [-0.39, 0.29) is 12.3 Å². The summed E-state index contributed by atoms with van der Waals surface area (Å²) in [7, 11) is 0. The highest BCUT2D eigenvalue weighted by Crippen LogP contribution is 2.25. The number of aromatic nitrogens is 3. The summed E-state index contributed by atoms with van der Waals surface area (Å²) in [5.41, 5.74) is 6.26. The van der Waals surface area contributed by atoms with Gasteiger partial charge >= 0.3 is 0 Å². The predicted molar refractivity (Wildman–Crippen MR) is 110 cm³/mol. The summed E-state index contributed by atoms with van der Waals surface area (Å²) < 4.78 is 7.22. The molecule has 3 N–H and O–H groups in total. The third kappa shape index (κ3) is 5.48. The molecule has 1 atom stereocenters. The average Bonchev–Trinajstić information content (AvgIpc) is 3.37. The fourth-order valence-electron chi connectivity index (χ4n) is 2.67. The molecule has 3 rings (SSSR count). The maximum Gasteiger partial charge on any atom is 0.237 e. The Labute approximate surface area is 177 Å². The monoisotopic (exact) mass is 424 g/mol. The minimum absolute atomic E-state index is 0.145. The van der Waals surface area contributed by atoms with E-state index in [2.05, 4.69) is 15.5 Å². The van der Waals surface area contributed by atoms with Crippen molar-refractivity contribution in [2.45, 2.75) is 36.7 Å². The second-order valence-corrected chi connectivity index (χ2v) is 7.78. The fraction of sp³-hybridized carbons (Fsp3) is 0.250. The number of benzene rings is 1. The Hall–Kier alpha value is -3.58. The Bertz CT molecular complexity index is 1070. The second-order valence-electron chi connectivity index (χ2n) is 6.47. The summed E-state index contributed by atoms with van der Waals surface area (Å²) in [4.78, 5) is 23.8. The number of anilines is 1. The standard InChI is InChI=1S/C20H20N6O3S/c1-13(19(28)23-15-5-2-4-14(10-15)11-21)30-20-25-24-18(8-7-17(22)27)26(20)12-16-6-3-9-29-16/h2-6,9-10,13H,7-8,12H2,1H3,(H2,22,27)(H,23,28). The highest BCUT2D eigenvalue weighted by Gasteiger charge is 2.21. The first-order valence-electron chi connectivity index (χ1n) is 9.16. The molecule has 9 nitrogen and oxygen atoms in total. The highest BCUT2D eigenvalue weighted by molar-refractivity contribution is 8.00. The number of rotatable bonds is 9. The number of primary amides is 1. The minimum Gasteiger partial charge on any atom is -0.467 e. The van der Waals surface area contributed by atoms with Crippen molar-refractivity contribution in [1.29, 1.82) is 5.26 Å². The first kappa shape index (κ1) is 21.1. The number of carbonyl (C=O) groups is 2. The Morgan fingerprint density at radius 3 is 2.87 bits per heavy atom. The maximum atomic E-state index is 12.6. The molecule has 10 heteroatoms. The lowest BCUT2D eigenvalue weighted by Gasteiger charge is -2.13. The van der Waals surface area contributed by atoms with E-state index in [4.69, 9.17) is 15.4 Å². The molecule has 0 bridgehead atoms. The predicted octanol–water partition coefficient (Wildman–Crippen LogP) is 2.33. The molecule has 2 amide bonds. The molecule has 154 valence electrons. The van der Waals surface area contributed by atoms with Gasteiger partial charge in [0.1, 0.15) is 11.6 Å². The molecular weight excluding hydrogens is 404 g/mol. The molecule has 0 radical (unpaired) electrons. The fourth-order valence-corrected chi connectivity index (χ4v) is 3.53. The van der Waals surface area contributed by atoms with Gasteiger partial charge in [-0.25, -0.2) is 0 Å². The zero-order valence-electron chi connectivity index (χ0n) is 16.2. The number of nitrogens with two attached hydrogens (primary N) is 1. The summed E-state index contributed by atoms with van der Waals surface area (Å²) in [5.74, 6) is 0.620. The normalized spacial score (nSPS) is 11.6. The number of hydrogen-bond acceptors (Lipinski definition) is 7. The molecule has 0 aliphatic heterocycles. The molecule has 2 heterocycles. The van der Waals surface area contributed by atoms with E-state index in [1.807, 2.05) is 16.7 Å². The van der Waals surface area contributed by atoms with Crippen LogP contribution in [-0.2, 0) is 22.6 Å². The van der Waals surface area contributed by atoms with E-state index in [1.54, 1.807) is 43.5 Å². The van der Waals surface area contributed by atoms with Crippen LogP contribution < -0.4 is 11.1 Å². The van der Waals surface area contributed by atoms with Gasteiger partial charge in [0.25, 0.3) is 0 Å². The largest absolute Gasteiger partial charge is 0.467 e. The Morgan fingerprint density at radius 2 is 2.17 bits per heavy atom. The van der Waals surface area contributed by atoms with E-state index in [0.29, 0.717) is 41.0 Å². The number of amides is 2. The van der Waals surface area contributed by atoms with Gasteiger partial charge in [-0.15, -0.1) is 10.2 Å². The van der Waals surface area contributed by atoms with Crippen LogP contribution in [0.3, 0.4) is 0 Å². The van der Waals surface area contributed by atoms with Crippen LogP contribution >= 0.6 is 11.8 Å². The third-order valence-corrected chi connectivity index (χ3v) is 5.27. The van der Waals surface area contributed by atoms with Crippen molar-refractivity contribution in [3.8, 4) is 6.07 Å². The Morgan fingerprint density at radius 1 is 1.33 bits per heavy atom. The number of nitriles is 1. The number of aryl methyl sites for hydroxylation is 1. The van der Waals surface area contributed by atoms with E-state index in [9.17, 15) is 9.59 Å². The molecule has 1 unspecified atom stereocenters. The van der Waals surface area contributed by atoms with Crippen LogP contribution in [0.5, 0.6) is 0 Å². The van der Waals surface area contributed by atoms with Gasteiger partial charge in [0.05, 0.1) is 29.7 Å². The van der Waals surface area contributed by atoms with E-state index >= 15 is 0 Å². The molecule has 30 heavy (non-hydrogen) atoms. The van der Waals surface area contributed by atoms with Crippen LogP contribution in [-0.4, -0.2) is 31.8 Å². The summed E-state index contributed by atoms with van der Waals surface area (Å²) >= 11 is 1.24. The Kier molecular flexibility index (Phi) is 6.87. The van der Waals surface area contributed by atoms with E-state index in [1.165, 1.54) is 11.8 Å². The Balaban J connectivity index is 1.74. The van der Waals surface area contributed by atoms with Crippen LogP contribution in [0, 0.1) is 11.3 Å². The van der Waals surface area contributed by atoms with Crippen LogP contribution in [0.1, 0.15) is 30.5 Å². The first-order chi connectivity index (χ1) is 14.5. The third-order valence-electron chi connectivity index (χ3n) is 4.19. The SMILES string of the molecule is CC(Sc1nnc(CCC(N)=O)n1Cc1ccco1)C(=O)Nc1cccc(C#N)c1. The van der Waals surface area contributed by atoms with Gasteiger partial charge in [0.2, 0.25) is 11.8 Å². The minimum atomic E-state index is -0.487. The molecule has 0 saturated carbocycles. The molecule has 0 fully saturated rings. The van der Waals surface area contributed by atoms with Crippen molar-refractivity contribution >= 4 is 29.3 Å². The number of carbonyl (C=O) groups excluding carboxylic acids is 2. The molecule has 2 aromatic heterocycles. The van der Waals surface area contributed by atoms with Gasteiger partial charge in [0, 0.05) is 18.5 Å². The summed E-state index contributed by atoms with van der Waals surface area (Å²) in [6.07, 6.45) is 2.05. The zero-order chi connectivity index (χ0) is 21.5. The van der Waals surface area contributed by atoms with Crippen molar-refractivity contribution in [2.24, 2.45) is 5.73 Å². The van der Waals surface area contributed by atoms with Crippen molar-refractivity contribution in [3.63, 3.8) is 0 Å². The smallest absolute Gasteiger partial charge is 0.237 e. The second kappa shape index (κ2) is 9.76. The van der Waals surface area contributed by atoms with E-state index < -0.39 is 11.2 Å². The number of nitrogens with zero attached hydrogens (tertiary/aromatic N) is 4. The van der Waals surface area contributed by atoms with Gasteiger partial charge in [-0.2, -0.15) is 5.26 Å². The molecule has 3 aromatic rings. The summed E-state index contributed by atoms with van der Waals surface area (Å²) in [6, 6.07) is 12.3. The van der Waals surface area contributed by atoms with Crippen LogP contribution in [0.2, 0.25) is 0 Å². The van der Waals surface area contributed by atoms with Crippen LogP contribution in [0.25, 0.3) is 0 Å². The summed E-state index contributed by atoms with van der Waals surface area (Å²) in [6.45, 7) is 2.12. The van der Waals surface area contributed by atoms with Gasteiger partial charge < -0.3 is 15.5 Å². The average molecular weight is 424 g/mol. The van der Waals surface area contributed by atoms with Crippen molar-refractivity contribution in [2.75, 3.05) is 5.32 Å². The molecule has 1 aromatic carbocycles. The first-order valence-corrected chi connectivity index (χ1v) is 10.0. The molecule has 0 spiro atoms. The number of thioether (sulfide) groups is 1. The lowest BCUT2D eigenvalue weighted by atomic mass is 10.2.